The number of aromatic hydroxyl groups is 1. The molecule has 2 aliphatic heterocycles. The largest absolute Gasteiger partial charge is 0.508 e. The first kappa shape index (κ1) is 25.7. The standard InChI is InChI=1S/C30H31ClN4O4/c1-16-14-34(15-17(2)32-16)10-5-11-35-22-9-8-18(36)12-19(22)26-23(35)13-20(27-28(26)30(38)33-29(27)37)25-21(31)6-4-7-24(25)39-3/h4,6-9,12-13,16-17,32,36H,5,10-11,14-15H2,1-3H3,(H,33,37,38). The van der Waals surface area contributed by atoms with E-state index in [0.717, 1.165) is 42.5 Å². The van der Waals surface area contributed by atoms with Crippen LogP contribution in [0.1, 0.15) is 41.0 Å². The molecular weight excluding hydrogens is 516 g/mol. The number of aromatic nitrogens is 1. The van der Waals surface area contributed by atoms with E-state index in [4.69, 9.17) is 16.3 Å². The summed E-state index contributed by atoms with van der Waals surface area (Å²) in [5.41, 5.74) is 3.37. The van der Waals surface area contributed by atoms with Crippen LogP contribution in [0.2, 0.25) is 5.02 Å². The molecule has 2 atom stereocenters. The number of carbonyl (C=O) groups excluding carboxylic acids is 2. The number of halogens is 1. The number of amides is 2. The van der Waals surface area contributed by atoms with Crippen LogP contribution in [-0.4, -0.2) is 65.2 Å². The lowest BCUT2D eigenvalue weighted by Crippen LogP contribution is -2.54. The van der Waals surface area contributed by atoms with Crippen LogP contribution in [0.3, 0.4) is 0 Å². The highest BCUT2D eigenvalue weighted by Crippen LogP contribution is 2.45. The van der Waals surface area contributed by atoms with E-state index in [1.165, 1.54) is 0 Å². The van der Waals surface area contributed by atoms with Crippen molar-refractivity contribution in [1.29, 1.82) is 0 Å². The molecule has 8 nitrogen and oxygen atoms in total. The predicted molar refractivity (Wildman–Crippen MR) is 153 cm³/mol. The van der Waals surface area contributed by atoms with Crippen molar-refractivity contribution in [2.24, 2.45) is 0 Å². The maximum atomic E-state index is 13.3. The number of piperazine rings is 1. The molecule has 1 fully saturated rings. The van der Waals surface area contributed by atoms with Gasteiger partial charge >= 0.3 is 0 Å². The lowest BCUT2D eigenvalue weighted by molar-refractivity contribution is 0.0880. The number of benzene rings is 3. The van der Waals surface area contributed by atoms with Crippen molar-refractivity contribution in [3.63, 3.8) is 0 Å². The van der Waals surface area contributed by atoms with Crippen molar-refractivity contribution in [3.8, 4) is 22.6 Å². The molecule has 202 valence electrons. The van der Waals surface area contributed by atoms with Crippen LogP contribution >= 0.6 is 11.6 Å². The van der Waals surface area contributed by atoms with Gasteiger partial charge < -0.3 is 24.6 Å². The molecule has 1 saturated heterocycles. The molecule has 6 rings (SSSR count). The van der Waals surface area contributed by atoms with Crippen molar-refractivity contribution in [2.45, 2.75) is 38.9 Å². The Bertz CT molecular complexity index is 1640. The second-order valence-electron chi connectivity index (χ2n) is 10.6. The van der Waals surface area contributed by atoms with E-state index in [1.54, 1.807) is 37.4 Å². The molecule has 3 aromatic carbocycles. The van der Waals surface area contributed by atoms with Crippen molar-refractivity contribution >= 4 is 45.2 Å². The maximum Gasteiger partial charge on any atom is 0.259 e. The number of fused-ring (bicyclic) bond motifs is 5. The first-order valence-corrected chi connectivity index (χ1v) is 13.6. The van der Waals surface area contributed by atoms with Crippen LogP contribution in [0, 0.1) is 0 Å². The summed E-state index contributed by atoms with van der Waals surface area (Å²) in [6.45, 7) is 8.05. The maximum absolute atomic E-state index is 13.3. The normalized spacial score (nSPS) is 19.6. The molecule has 3 heterocycles. The number of phenols is 1. The minimum atomic E-state index is -0.475. The van der Waals surface area contributed by atoms with E-state index in [0.29, 0.717) is 51.5 Å². The number of aryl methyl sites for hydroxylation is 1. The number of ether oxygens (including phenoxy) is 1. The second-order valence-corrected chi connectivity index (χ2v) is 11.0. The van der Waals surface area contributed by atoms with Gasteiger partial charge in [-0.2, -0.15) is 0 Å². The van der Waals surface area contributed by atoms with E-state index in [-0.39, 0.29) is 11.3 Å². The molecule has 4 aromatic rings. The number of hydrogen-bond donors (Lipinski definition) is 3. The minimum Gasteiger partial charge on any atom is -0.508 e. The lowest BCUT2D eigenvalue weighted by atomic mass is 9.92. The van der Waals surface area contributed by atoms with Crippen LogP contribution in [0.15, 0.2) is 42.5 Å². The number of nitrogens with one attached hydrogen (secondary N) is 2. The fourth-order valence-electron chi connectivity index (χ4n) is 6.38. The van der Waals surface area contributed by atoms with Crippen molar-refractivity contribution in [1.82, 2.24) is 20.1 Å². The summed E-state index contributed by atoms with van der Waals surface area (Å²) in [6.07, 6.45) is 0.895. The number of imide groups is 1. The summed E-state index contributed by atoms with van der Waals surface area (Å²) in [6, 6.07) is 13.3. The van der Waals surface area contributed by atoms with Crippen LogP contribution < -0.4 is 15.4 Å². The highest BCUT2D eigenvalue weighted by atomic mass is 35.5. The van der Waals surface area contributed by atoms with E-state index in [1.807, 2.05) is 12.1 Å². The number of hydrogen-bond acceptors (Lipinski definition) is 6. The first-order valence-electron chi connectivity index (χ1n) is 13.3. The van der Waals surface area contributed by atoms with E-state index >= 15 is 0 Å². The zero-order valence-electron chi connectivity index (χ0n) is 22.2. The topological polar surface area (TPSA) is 95.8 Å². The van der Waals surface area contributed by atoms with Gasteiger partial charge in [-0.25, -0.2) is 0 Å². The average Bonchev–Trinajstić information content (AvgIpc) is 3.35. The first-order chi connectivity index (χ1) is 18.8. The van der Waals surface area contributed by atoms with Gasteiger partial charge in [0.2, 0.25) is 0 Å². The molecule has 3 N–H and O–H groups in total. The molecule has 0 radical (unpaired) electrons. The third kappa shape index (κ3) is 4.33. The summed E-state index contributed by atoms with van der Waals surface area (Å²) in [7, 11) is 1.55. The summed E-state index contributed by atoms with van der Waals surface area (Å²) in [5, 5.41) is 18.2. The number of carbonyl (C=O) groups is 2. The quantitative estimate of drug-likeness (QED) is 0.301. The summed E-state index contributed by atoms with van der Waals surface area (Å²) in [5.74, 6) is -0.324. The Morgan fingerprint density at radius 3 is 2.46 bits per heavy atom. The Hall–Kier alpha value is -3.59. The summed E-state index contributed by atoms with van der Waals surface area (Å²) in [4.78, 5) is 28.9. The van der Waals surface area contributed by atoms with Gasteiger partial charge in [-0.05, 0) is 63.2 Å². The third-order valence-corrected chi connectivity index (χ3v) is 8.09. The van der Waals surface area contributed by atoms with E-state index in [2.05, 4.69) is 33.9 Å². The molecule has 1 aromatic heterocycles. The highest BCUT2D eigenvalue weighted by Gasteiger charge is 2.35. The Balaban J connectivity index is 1.55. The Kier molecular flexibility index (Phi) is 6.49. The molecule has 0 bridgehead atoms. The molecular formula is C30H31ClN4O4. The van der Waals surface area contributed by atoms with Gasteiger partial charge in [0.25, 0.3) is 11.8 Å². The summed E-state index contributed by atoms with van der Waals surface area (Å²) < 4.78 is 7.80. The third-order valence-electron chi connectivity index (χ3n) is 7.77. The number of methoxy groups -OCH3 is 1. The van der Waals surface area contributed by atoms with Gasteiger partial charge in [-0.3, -0.25) is 14.9 Å². The van der Waals surface area contributed by atoms with Gasteiger partial charge in [0.15, 0.2) is 0 Å². The molecule has 39 heavy (non-hydrogen) atoms. The van der Waals surface area contributed by atoms with Crippen LogP contribution in [0.4, 0.5) is 0 Å². The zero-order valence-corrected chi connectivity index (χ0v) is 22.9. The Morgan fingerprint density at radius 1 is 0.974 bits per heavy atom. The molecule has 2 amide bonds. The molecule has 0 spiro atoms. The highest BCUT2D eigenvalue weighted by molar-refractivity contribution is 6.36. The monoisotopic (exact) mass is 546 g/mol. The number of nitrogens with zero attached hydrogens (tertiary/aromatic N) is 2. The van der Waals surface area contributed by atoms with E-state index in [9.17, 15) is 14.7 Å². The molecule has 9 heteroatoms. The van der Waals surface area contributed by atoms with Crippen molar-refractivity contribution < 1.29 is 19.4 Å². The zero-order chi connectivity index (χ0) is 27.4. The molecule has 0 aliphatic carbocycles. The number of phenolic OH excluding ortho intramolecular Hbond substituents is 1. The van der Waals surface area contributed by atoms with Crippen LogP contribution in [-0.2, 0) is 6.54 Å². The smallest absolute Gasteiger partial charge is 0.259 e. The second kappa shape index (κ2) is 9.86. The Labute approximate surface area is 231 Å². The van der Waals surface area contributed by atoms with Crippen molar-refractivity contribution in [2.75, 3.05) is 26.7 Å². The fraction of sp³-hybridized carbons (Fsp3) is 0.333. The van der Waals surface area contributed by atoms with Crippen molar-refractivity contribution in [3.05, 3.63) is 58.6 Å². The molecule has 0 saturated carbocycles. The Morgan fingerprint density at radius 2 is 1.72 bits per heavy atom. The predicted octanol–water partition coefficient (Wildman–Crippen LogP) is 4.79. The molecule has 2 aliphatic rings. The van der Waals surface area contributed by atoms with Gasteiger partial charge in [0, 0.05) is 59.1 Å². The minimum absolute atomic E-state index is 0.0978. The van der Waals surface area contributed by atoms with Gasteiger partial charge in [0.05, 0.1) is 28.8 Å². The van der Waals surface area contributed by atoms with Crippen LogP contribution in [0.25, 0.3) is 32.9 Å². The van der Waals surface area contributed by atoms with E-state index < -0.39 is 11.8 Å². The SMILES string of the molecule is COc1cccc(Cl)c1-c1cc2c(c3c1C(=O)NC3=O)c1cc(O)ccc1n2CCCN1CC(C)NC(C)C1. The summed E-state index contributed by atoms with van der Waals surface area (Å²) >= 11 is 6.66. The number of rotatable bonds is 6. The average molecular weight is 547 g/mol. The van der Waals surface area contributed by atoms with Crippen LogP contribution in [0.5, 0.6) is 11.5 Å². The lowest BCUT2D eigenvalue weighted by Gasteiger charge is -2.36. The molecule has 2 unspecified atom stereocenters. The fourth-order valence-corrected chi connectivity index (χ4v) is 6.65. The van der Waals surface area contributed by atoms with Gasteiger partial charge in [-0.1, -0.05) is 17.7 Å². The van der Waals surface area contributed by atoms with Gasteiger partial charge in [0.1, 0.15) is 11.5 Å². The van der Waals surface area contributed by atoms with Gasteiger partial charge in [-0.15, -0.1) is 0 Å².